The third kappa shape index (κ3) is 3.69. The summed E-state index contributed by atoms with van der Waals surface area (Å²) in [6, 6.07) is 15.7. The highest BCUT2D eigenvalue weighted by Crippen LogP contribution is 2.18. The molecule has 2 aromatic carbocycles. The van der Waals surface area contributed by atoms with Crippen molar-refractivity contribution >= 4 is 11.9 Å². The molecule has 1 unspecified atom stereocenters. The van der Waals surface area contributed by atoms with Crippen molar-refractivity contribution in [2.24, 2.45) is 0 Å². The number of benzene rings is 2. The molecule has 4 heteroatoms. The topological polar surface area (TPSA) is 52.6 Å². The second kappa shape index (κ2) is 6.70. The van der Waals surface area contributed by atoms with Crippen LogP contribution in [0.3, 0.4) is 0 Å². The molecule has 0 aromatic heterocycles. The van der Waals surface area contributed by atoms with E-state index in [1.165, 1.54) is 13.2 Å². The Labute approximate surface area is 123 Å². The fourth-order valence-corrected chi connectivity index (χ4v) is 1.91. The van der Waals surface area contributed by atoms with Gasteiger partial charge in [0.25, 0.3) is 0 Å². The summed E-state index contributed by atoms with van der Waals surface area (Å²) in [4.78, 5) is 23.6. The summed E-state index contributed by atoms with van der Waals surface area (Å²) in [5, 5.41) is 0. The summed E-state index contributed by atoms with van der Waals surface area (Å²) >= 11 is 0. The van der Waals surface area contributed by atoms with E-state index in [9.17, 15) is 9.59 Å². The number of methoxy groups -OCH3 is 1. The Kier molecular flexibility index (Phi) is 4.72. The number of rotatable bonds is 4. The lowest BCUT2D eigenvalue weighted by molar-refractivity contribution is 0.0338. The van der Waals surface area contributed by atoms with Crippen molar-refractivity contribution in [1.29, 1.82) is 0 Å². The molecule has 4 nitrogen and oxygen atoms in total. The van der Waals surface area contributed by atoms with E-state index in [-0.39, 0.29) is 6.10 Å². The van der Waals surface area contributed by atoms with Crippen molar-refractivity contribution in [3.8, 4) is 0 Å². The largest absolute Gasteiger partial charge is 0.465 e. The highest BCUT2D eigenvalue weighted by atomic mass is 16.5. The maximum Gasteiger partial charge on any atom is 0.338 e. The average molecular weight is 284 g/mol. The lowest BCUT2D eigenvalue weighted by atomic mass is 10.1. The van der Waals surface area contributed by atoms with Crippen molar-refractivity contribution in [1.82, 2.24) is 0 Å². The molecule has 21 heavy (non-hydrogen) atoms. The van der Waals surface area contributed by atoms with Gasteiger partial charge in [-0.25, -0.2) is 9.59 Å². The van der Waals surface area contributed by atoms with E-state index in [0.717, 1.165) is 5.56 Å². The van der Waals surface area contributed by atoms with Crippen LogP contribution in [-0.2, 0) is 9.47 Å². The van der Waals surface area contributed by atoms with Crippen molar-refractivity contribution in [2.75, 3.05) is 7.11 Å². The number of ether oxygens (including phenoxy) is 2. The second-order valence-corrected chi connectivity index (χ2v) is 4.53. The zero-order valence-corrected chi connectivity index (χ0v) is 11.9. The first-order valence-corrected chi connectivity index (χ1v) is 6.56. The number of carbonyl (C=O) groups is 2. The molecule has 0 aliphatic heterocycles. The van der Waals surface area contributed by atoms with E-state index in [1.807, 2.05) is 30.3 Å². The second-order valence-electron chi connectivity index (χ2n) is 4.53. The van der Waals surface area contributed by atoms with E-state index >= 15 is 0 Å². The molecule has 1 atom stereocenters. The lowest BCUT2D eigenvalue weighted by Crippen LogP contribution is -2.10. The molecule has 2 aromatic rings. The Hall–Kier alpha value is -2.62. The van der Waals surface area contributed by atoms with E-state index < -0.39 is 11.9 Å². The van der Waals surface area contributed by atoms with Crippen molar-refractivity contribution < 1.29 is 19.1 Å². The molecule has 0 fully saturated rings. The molecular weight excluding hydrogens is 268 g/mol. The van der Waals surface area contributed by atoms with Gasteiger partial charge in [-0.05, 0) is 30.7 Å². The average Bonchev–Trinajstić information content (AvgIpc) is 2.55. The molecule has 0 amide bonds. The minimum Gasteiger partial charge on any atom is -0.465 e. The predicted molar refractivity (Wildman–Crippen MR) is 78.1 cm³/mol. The molecule has 0 N–H and O–H groups in total. The van der Waals surface area contributed by atoms with Crippen molar-refractivity contribution in [2.45, 2.75) is 13.0 Å². The molecule has 0 radical (unpaired) electrons. The maximum absolute atomic E-state index is 12.1. The van der Waals surface area contributed by atoms with Crippen LogP contribution in [0.1, 0.15) is 39.3 Å². The molecule has 0 aliphatic rings. The van der Waals surface area contributed by atoms with Gasteiger partial charge in [0.05, 0.1) is 18.2 Å². The minimum absolute atomic E-state index is 0.319. The first-order valence-electron chi connectivity index (χ1n) is 6.56. The van der Waals surface area contributed by atoms with Gasteiger partial charge in [0, 0.05) is 0 Å². The first kappa shape index (κ1) is 14.8. The van der Waals surface area contributed by atoms with E-state index in [1.54, 1.807) is 25.1 Å². The number of esters is 2. The van der Waals surface area contributed by atoms with Crippen LogP contribution in [0.25, 0.3) is 0 Å². The van der Waals surface area contributed by atoms with E-state index in [0.29, 0.717) is 11.1 Å². The van der Waals surface area contributed by atoms with Gasteiger partial charge in [0.1, 0.15) is 6.10 Å². The summed E-state index contributed by atoms with van der Waals surface area (Å²) in [7, 11) is 1.30. The monoisotopic (exact) mass is 284 g/mol. The normalized spacial score (nSPS) is 11.5. The van der Waals surface area contributed by atoms with Gasteiger partial charge < -0.3 is 9.47 Å². The fraction of sp³-hybridized carbons (Fsp3) is 0.176. The molecule has 108 valence electrons. The first-order chi connectivity index (χ1) is 10.1. The Morgan fingerprint density at radius 3 is 2.14 bits per heavy atom. The van der Waals surface area contributed by atoms with Crippen LogP contribution in [0.4, 0.5) is 0 Å². The molecular formula is C17H16O4. The molecule has 2 rings (SSSR count). The molecule has 0 saturated heterocycles. The third-order valence-electron chi connectivity index (χ3n) is 3.07. The van der Waals surface area contributed by atoms with Gasteiger partial charge >= 0.3 is 11.9 Å². The van der Waals surface area contributed by atoms with E-state index in [2.05, 4.69) is 4.74 Å². The van der Waals surface area contributed by atoms with Gasteiger partial charge in [0.15, 0.2) is 0 Å². The van der Waals surface area contributed by atoms with Crippen LogP contribution >= 0.6 is 0 Å². The molecule has 0 saturated carbocycles. The number of hydrogen-bond acceptors (Lipinski definition) is 4. The molecule has 0 bridgehead atoms. The predicted octanol–water partition coefficient (Wildman–Crippen LogP) is 3.39. The third-order valence-corrected chi connectivity index (χ3v) is 3.07. The summed E-state index contributed by atoms with van der Waals surface area (Å²) in [5.41, 5.74) is 1.55. The SMILES string of the molecule is COC(=O)c1cccc(C(=O)OC(C)c2ccccc2)c1. The standard InChI is InChI=1S/C17H16O4/c1-12(13-7-4-3-5-8-13)21-17(19)15-10-6-9-14(11-15)16(18)20-2/h3-12H,1-2H3. The van der Waals surface area contributed by atoms with Crippen LogP contribution in [0.15, 0.2) is 54.6 Å². The molecule has 0 aliphatic carbocycles. The van der Waals surface area contributed by atoms with Crippen molar-refractivity contribution in [3.63, 3.8) is 0 Å². The van der Waals surface area contributed by atoms with Crippen LogP contribution in [0.5, 0.6) is 0 Å². The Morgan fingerprint density at radius 1 is 0.905 bits per heavy atom. The van der Waals surface area contributed by atoms with Gasteiger partial charge in [-0.1, -0.05) is 36.4 Å². The Bertz CT molecular complexity index is 634. The van der Waals surface area contributed by atoms with Crippen LogP contribution in [-0.4, -0.2) is 19.0 Å². The van der Waals surface area contributed by atoms with Crippen LogP contribution in [0.2, 0.25) is 0 Å². The van der Waals surface area contributed by atoms with Crippen LogP contribution < -0.4 is 0 Å². The highest BCUT2D eigenvalue weighted by Gasteiger charge is 2.15. The minimum atomic E-state index is -0.485. The summed E-state index contributed by atoms with van der Waals surface area (Å²) in [6.45, 7) is 1.80. The smallest absolute Gasteiger partial charge is 0.338 e. The van der Waals surface area contributed by atoms with Gasteiger partial charge in [-0.15, -0.1) is 0 Å². The zero-order valence-electron chi connectivity index (χ0n) is 11.9. The number of hydrogen-bond donors (Lipinski definition) is 0. The Balaban J connectivity index is 2.12. The van der Waals surface area contributed by atoms with E-state index in [4.69, 9.17) is 4.74 Å². The summed E-state index contributed by atoms with van der Waals surface area (Å²) < 4.78 is 10.0. The van der Waals surface area contributed by atoms with Crippen molar-refractivity contribution in [3.05, 3.63) is 71.3 Å². The quantitative estimate of drug-likeness (QED) is 0.807. The Morgan fingerprint density at radius 2 is 1.52 bits per heavy atom. The zero-order chi connectivity index (χ0) is 15.2. The van der Waals surface area contributed by atoms with Gasteiger partial charge in [-0.2, -0.15) is 0 Å². The highest BCUT2D eigenvalue weighted by molar-refractivity contribution is 5.95. The number of carbonyl (C=O) groups excluding carboxylic acids is 2. The van der Waals surface area contributed by atoms with Crippen LogP contribution in [0, 0.1) is 0 Å². The lowest BCUT2D eigenvalue weighted by Gasteiger charge is -2.13. The van der Waals surface area contributed by atoms with Gasteiger partial charge in [-0.3, -0.25) is 0 Å². The summed E-state index contributed by atoms with van der Waals surface area (Å²) in [6.07, 6.45) is -0.361. The maximum atomic E-state index is 12.1. The fourth-order valence-electron chi connectivity index (χ4n) is 1.91. The molecule has 0 spiro atoms. The molecule has 0 heterocycles. The van der Waals surface area contributed by atoms with Gasteiger partial charge in [0.2, 0.25) is 0 Å². The summed E-state index contributed by atoms with van der Waals surface area (Å²) in [5.74, 6) is -0.960.